The van der Waals surface area contributed by atoms with Crippen molar-refractivity contribution in [1.82, 2.24) is 0 Å². The molecule has 3 heterocycles. The van der Waals surface area contributed by atoms with Crippen molar-refractivity contribution in [2.75, 3.05) is 18.0 Å². The Kier molecular flexibility index (Phi) is 6.28. The van der Waals surface area contributed by atoms with Crippen molar-refractivity contribution in [3.63, 3.8) is 0 Å². The largest absolute Gasteiger partial charge is 0.462 e. The Morgan fingerprint density at radius 1 is 1.15 bits per heavy atom. The van der Waals surface area contributed by atoms with Gasteiger partial charge in [0.05, 0.1) is 12.6 Å². The smallest absolute Gasteiger partial charge is 0.269 e. The minimum Gasteiger partial charge on any atom is -0.462 e. The van der Waals surface area contributed by atoms with Gasteiger partial charge in [-0.25, -0.2) is 10.1 Å². The van der Waals surface area contributed by atoms with Crippen LogP contribution < -0.4 is 4.90 Å². The van der Waals surface area contributed by atoms with Crippen molar-refractivity contribution in [3.05, 3.63) is 93.9 Å². The van der Waals surface area contributed by atoms with Crippen LogP contribution in [-0.2, 0) is 15.6 Å². The molecule has 0 fully saturated rings. The minimum atomic E-state index is 0.0760. The molecule has 0 saturated carbocycles. The molecule has 0 N–H and O–H groups in total. The van der Waals surface area contributed by atoms with Gasteiger partial charge in [-0.05, 0) is 82.7 Å². The van der Waals surface area contributed by atoms with Crippen molar-refractivity contribution < 1.29 is 4.74 Å². The monoisotopic (exact) mass is 451 g/mol. The second kappa shape index (κ2) is 9.03. The van der Waals surface area contributed by atoms with Gasteiger partial charge in [0.15, 0.2) is 0 Å². The van der Waals surface area contributed by atoms with Crippen LogP contribution in [0.4, 0.5) is 5.69 Å². The standard InChI is InChI=1S/C30H33N3O/c1-7-8-9-23-18-22(27(20-31)32-6)19-24(34-23)11-10-21-16-25-28-26(17-21)30(4,5)13-15-33(28)14-12-29(25,2)3/h7,10-11,16-19H,1,8-9,12-15H2,2-5H3/b11-10+,27-22+. The van der Waals surface area contributed by atoms with Crippen molar-refractivity contribution in [3.8, 4) is 6.07 Å². The van der Waals surface area contributed by atoms with Crippen LogP contribution in [0, 0.1) is 17.9 Å². The Labute approximate surface area is 204 Å². The first-order valence-corrected chi connectivity index (χ1v) is 12.0. The number of hydrogen-bond acceptors (Lipinski definition) is 3. The lowest BCUT2D eigenvalue weighted by molar-refractivity contribution is 0.301. The van der Waals surface area contributed by atoms with Crippen molar-refractivity contribution >= 4 is 11.8 Å². The lowest BCUT2D eigenvalue weighted by Crippen LogP contribution is -2.44. The van der Waals surface area contributed by atoms with Gasteiger partial charge >= 0.3 is 0 Å². The molecule has 4 nitrogen and oxygen atoms in total. The van der Waals surface area contributed by atoms with Crippen molar-refractivity contribution in [1.29, 1.82) is 5.26 Å². The van der Waals surface area contributed by atoms with Crippen molar-refractivity contribution in [2.24, 2.45) is 0 Å². The van der Waals surface area contributed by atoms with E-state index in [0.29, 0.717) is 17.8 Å². The van der Waals surface area contributed by atoms with Gasteiger partial charge in [-0.2, -0.15) is 0 Å². The molecule has 0 unspecified atom stereocenters. The third kappa shape index (κ3) is 4.46. The van der Waals surface area contributed by atoms with Crippen LogP contribution in [0.3, 0.4) is 0 Å². The summed E-state index contributed by atoms with van der Waals surface area (Å²) in [6.07, 6.45) is 13.2. The van der Waals surface area contributed by atoms with Gasteiger partial charge in [0.1, 0.15) is 11.5 Å². The summed E-state index contributed by atoms with van der Waals surface area (Å²) in [6.45, 7) is 22.8. The van der Waals surface area contributed by atoms with E-state index in [1.165, 1.54) is 16.8 Å². The second-order valence-corrected chi connectivity index (χ2v) is 10.7. The third-order valence-electron chi connectivity index (χ3n) is 7.31. The molecule has 0 aromatic heterocycles. The van der Waals surface area contributed by atoms with Gasteiger partial charge in [0.2, 0.25) is 0 Å². The van der Waals surface area contributed by atoms with Crippen LogP contribution >= 0.6 is 0 Å². The second-order valence-electron chi connectivity index (χ2n) is 10.7. The highest BCUT2D eigenvalue weighted by Crippen LogP contribution is 2.49. The van der Waals surface area contributed by atoms with Crippen LogP contribution in [0.5, 0.6) is 0 Å². The molecule has 1 aromatic rings. The number of rotatable bonds is 5. The molecule has 4 rings (SSSR count). The van der Waals surface area contributed by atoms with E-state index < -0.39 is 0 Å². The molecule has 1 aromatic carbocycles. The summed E-state index contributed by atoms with van der Waals surface area (Å²) in [5.41, 5.74) is 6.38. The molecule has 34 heavy (non-hydrogen) atoms. The maximum atomic E-state index is 9.37. The molecule has 0 saturated heterocycles. The minimum absolute atomic E-state index is 0.0760. The number of hydrogen-bond donors (Lipinski definition) is 0. The fourth-order valence-electron chi connectivity index (χ4n) is 5.06. The van der Waals surface area contributed by atoms with Gasteiger partial charge in [-0.1, -0.05) is 39.8 Å². The van der Waals surface area contributed by atoms with E-state index in [9.17, 15) is 5.26 Å². The average Bonchev–Trinajstić information content (AvgIpc) is 2.81. The molecule has 3 aliphatic rings. The highest BCUT2D eigenvalue weighted by atomic mass is 16.5. The predicted molar refractivity (Wildman–Crippen MR) is 139 cm³/mol. The predicted octanol–water partition coefficient (Wildman–Crippen LogP) is 7.33. The molecule has 4 heteroatoms. The Bertz CT molecular complexity index is 1170. The molecule has 3 aliphatic heterocycles. The van der Waals surface area contributed by atoms with E-state index in [0.717, 1.165) is 43.7 Å². The van der Waals surface area contributed by atoms with E-state index in [2.05, 4.69) is 62.2 Å². The molecule has 174 valence electrons. The summed E-state index contributed by atoms with van der Waals surface area (Å²) >= 11 is 0. The lowest BCUT2D eigenvalue weighted by atomic mass is 9.69. The van der Waals surface area contributed by atoms with Gasteiger partial charge in [0.25, 0.3) is 5.70 Å². The summed E-state index contributed by atoms with van der Waals surface area (Å²) in [6, 6.07) is 6.66. The summed E-state index contributed by atoms with van der Waals surface area (Å²) in [5, 5.41) is 9.37. The van der Waals surface area contributed by atoms with Gasteiger partial charge in [-0.15, -0.1) is 6.58 Å². The Morgan fingerprint density at radius 2 is 1.79 bits per heavy atom. The van der Waals surface area contributed by atoms with Gasteiger partial charge in [0, 0.05) is 25.2 Å². The zero-order chi connectivity index (χ0) is 24.5. The first kappa shape index (κ1) is 23.7. The lowest BCUT2D eigenvalue weighted by Gasteiger charge is -2.48. The molecule has 0 aliphatic carbocycles. The van der Waals surface area contributed by atoms with Crippen LogP contribution in [0.1, 0.15) is 70.1 Å². The highest BCUT2D eigenvalue weighted by molar-refractivity contribution is 5.72. The van der Waals surface area contributed by atoms with E-state index in [1.54, 1.807) is 12.2 Å². The summed E-state index contributed by atoms with van der Waals surface area (Å²) < 4.78 is 6.09. The zero-order valence-electron chi connectivity index (χ0n) is 20.7. The zero-order valence-corrected chi connectivity index (χ0v) is 20.7. The number of anilines is 1. The normalized spacial score (nSPS) is 21.4. The number of nitrogens with zero attached hydrogens (tertiary/aromatic N) is 3. The van der Waals surface area contributed by atoms with Crippen LogP contribution in [0.2, 0.25) is 0 Å². The molecule has 0 bridgehead atoms. The molecule has 0 spiro atoms. The van der Waals surface area contributed by atoms with E-state index in [-0.39, 0.29) is 16.5 Å². The SMILES string of the molecule is [C-]#[N+]/C(C#N)=C1C=C(/C=C/c2cc3c4c(c2)C(C)(C)CCN4CCC3(C)C)OC(CCC=C)=C/1. The molecular weight excluding hydrogens is 418 g/mol. The molecular formula is C30H33N3O. The van der Waals surface area contributed by atoms with E-state index >= 15 is 0 Å². The van der Waals surface area contributed by atoms with Crippen LogP contribution in [0.15, 0.2) is 65.8 Å². The summed E-state index contributed by atoms with van der Waals surface area (Å²) in [5.74, 6) is 1.38. The van der Waals surface area contributed by atoms with E-state index in [4.69, 9.17) is 11.3 Å². The summed E-state index contributed by atoms with van der Waals surface area (Å²) in [7, 11) is 0. The van der Waals surface area contributed by atoms with Crippen LogP contribution in [0.25, 0.3) is 10.9 Å². The number of allylic oxidation sites excluding steroid dienone is 7. The average molecular weight is 452 g/mol. The number of nitriles is 1. The van der Waals surface area contributed by atoms with Gasteiger partial charge in [-0.3, -0.25) is 0 Å². The summed E-state index contributed by atoms with van der Waals surface area (Å²) in [4.78, 5) is 5.96. The number of benzene rings is 1. The maximum Gasteiger partial charge on any atom is 0.269 e. The maximum absolute atomic E-state index is 9.37. The topological polar surface area (TPSA) is 40.6 Å². The fraction of sp³-hybridized carbons (Fsp3) is 0.400. The Hall–Kier alpha value is -3.50. The Balaban J connectivity index is 1.74. The molecule has 0 atom stereocenters. The number of ether oxygens (including phenoxy) is 1. The first-order chi connectivity index (χ1) is 16.2. The van der Waals surface area contributed by atoms with E-state index in [1.807, 2.05) is 18.2 Å². The molecule has 0 radical (unpaired) electrons. The first-order valence-electron chi connectivity index (χ1n) is 12.0. The van der Waals surface area contributed by atoms with Crippen LogP contribution in [-0.4, -0.2) is 13.1 Å². The Morgan fingerprint density at radius 3 is 2.35 bits per heavy atom. The molecule has 0 amide bonds. The highest BCUT2D eigenvalue weighted by Gasteiger charge is 2.39. The third-order valence-corrected chi connectivity index (χ3v) is 7.31. The quantitative estimate of drug-likeness (QED) is 0.267. The fourth-order valence-corrected chi connectivity index (χ4v) is 5.06. The van der Waals surface area contributed by atoms with Crippen molar-refractivity contribution in [2.45, 2.75) is 64.2 Å². The van der Waals surface area contributed by atoms with Gasteiger partial charge < -0.3 is 9.64 Å².